The van der Waals surface area contributed by atoms with Gasteiger partial charge in [0.2, 0.25) is 5.91 Å². The van der Waals surface area contributed by atoms with E-state index in [1.807, 2.05) is 0 Å². The highest BCUT2D eigenvalue weighted by Gasteiger charge is 2.11. The molecule has 0 saturated carbocycles. The lowest BCUT2D eigenvalue weighted by Gasteiger charge is -2.09. The number of benzene rings is 2. The summed E-state index contributed by atoms with van der Waals surface area (Å²) in [6, 6.07) is 12.2. The Labute approximate surface area is 157 Å². The molecule has 0 aliphatic carbocycles. The molecule has 0 aromatic heterocycles. The van der Waals surface area contributed by atoms with Crippen LogP contribution in [0.3, 0.4) is 0 Å². The number of carbonyl (C=O) groups excluding carboxylic acids is 3. The van der Waals surface area contributed by atoms with E-state index in [-0.39, 0.29) is 36.4 Å². The van der Waals surface area contributed by atoms with E-state index in [4.69, 9.17) is 0 Å². The maximum atomic E-state index is 13.5. The van der Waals surface area contributed by atoms with E-state index in [0.29, 0.717) is 11.3 Å². The highest BCUT2D eigenvalue weighted by atomic mass is 19.1. The largest absolute Gasteiger partial charge is 0.350 e. The number of carbonyl (C=O) groups is 3. The zero-order valence-electron chi connectivity index (χ0n) is 15.2. The Balaban J connectivity index is 1.78. The first kappa shape index (κ1) is 20.1. The predicted molar refractivity (Wildman–Crippen MR) is 101 cm³/mol. The molecule has 3 N–H and O–H groups in total. The van der Waals surface area contributed by atoms with Crippen LogP contribution in [0.1, 0.15) is 34.6 Å². The summed E-state index contributed by atoms with van der Waals surface area (Å²) in [6.45, 7) is 3.95. The molecule has 0 fully saturated rings. The van der Waals surface area contributed by atoms with Crippen molar-refractivity contribution in [3.63, 3.8) is 0 Å². The Kier molecular flexibility index (Phi) is 7.05. The van der Waals surface area contributed by atoms with Crippen molar-refractivity contribution >= 4 is 23.4 Å². The van der Waals surface area contributed by atoms with Gasteiger partial charge < -0.3 is 16.0 Å². The normalized spacial score (nSPS) is 10.4. The van der Waals surface area contributed by atoms with Gasteiger partial charge in [0.05, 0.1) is 5.56 Å². The third-order valence-corrected chi connectivity index (χ3v) is 3.75. The van der Waals surface area contributed by atoms with Gasteiger partial charge in [-0.05, 0) is 36.4 Å². The van der Waals surface area contributed by atoms with Gasteiger partial charge in [0.1, 0.15) is 5.82 Å². The third kappa shape index (κ3) is 5.91. The Hall–Kier alpha value is -3.22. The minimum absolute atomic E-state index is 0.0390. The molecule has 27 heavy (non-hydrogen) atoms. The second-order valence-electron chi connectivity index (χ2n) is 6.21. The van der Waals surface area contributed by atoms with E-state index < -0.39 is 11.7 Å². The Morgan fingerprint density at radius 1 is 0.889 bits per heavy atom. The summed E-state index contributed by atoms with van der Waals surface area (Å²) >= 11 is 0. The average molecular weight is 371 g/mol. The van der Waals surface area contributed by atoms with E-state index in [1.54, 1.807) is 44.2 Å². The van der Waals surface area contributed by atoms with Crippen molar-refractivity contribution in [3.8, 4) is 0 Å². The first-order valence-electron chi connectivity index (χ1n) is 8.60. The molecule has 0 atom stereocenters. The van der Waals surface area contributed by atoms with Crippen molar-refractivity contribution < 1.29 is 18.8 Å². The number of rotatable bonds is 7. The highest BCUT2D eigenvalue weighted by molar-refractivity contribution is 5.96. The topological polar surface area (TPSA) is 87.3 Å². The zero-order valence-corrected chi connectivity index (χ0v) is 15.2. The Morgan fingerprint density at radius 3 is 2.07 bits per heavy atom. The van der Waals surface area contributed by atoms with Gasteiger partial charge in [-0.25, -0.2) is 4.39 Å². The van der Waals surface area contributed by atoms with Crippen molar-refractivity contribution in [2.24, 2.45) is 5.92 Å². The van der Waals surface area contributed by atoms with Crippen LogP contribution in [0, 0.1) is 11.7 Å². The number of hydrogen-bond acceptors (Lipinski definition) is 3. The second-order valence-corrected chi connectivity index (χ2v) is 6.21. The smallest absolute Gasteiger partial charge is 0.254 e. The van der Waals surface area contributed by atoms with Gasteiger partial charge in [-0.3, -0.25) is 14.4 Å². The first-order chi connectivity index (χ1) is 12.9. The van der Waals surface area contributed by atoms with E-state index in [9.17, 15) is 18.8 Å². The Morgan fingerprint density at radius 2 is 1.48 bits per heavy atom. The number of amides is 3. The molecule has 0 unspecified atom stereocenters. The fourth-order valence-corrected chi connectivity index (χ4v) is 2.19. The van der Waals surface area contributed by atoms with Crippen LogP contribution in [-0.4, -0.2) is 30.8 Å². The minimum Gasteiger partial charge on any atom is -0.350 e. The van der Waals surface area contributed by atoms with Gasteiger partial charge in [-0.15, -0.1) is 0 Å². The molecule has 2 aromatic carbocycles. The van der Waals surface area contributed by atoms with Crippen LogP contribution >= 0.6 is 0 Å². The van der Waals surface area contributed by atoms with Crippen molar-refractivity contribution in [2.45, 2.75) is 13.8 Å². The monoisotopic (exact) mass is 371 g/mol. The molecule has 6 nitrogen and oxygen atoms in total. The molecule has 142 valence electrons. The summed E-state index contributed by atoms with van der Waals surface area (Å²) in [5.41, 5.74) is 1.00. The summed E-state index contributed by atoms with van der Waals surface area (Å²) in [7, 11) is 0. The van der Waals surface area contributed by atoms with Crippen molar-refractivity contribution in [1.29, 1.82) is 0 Å². The molecule has 0 radical (unpaired) electrons. The lowest BCUT2D eigenvalue weighted by atomic mass is 10.1. The summed E-state index contributed by atoms with van der Waals surface area (Å²) in [5, 5.41) is 7.95. The van der Waals surface area contributed by atoms with Crippen molar-refractivity contribution in [2.75, 3.05) is 18.4 Å². The molecule has 0 bridgehead atoms. The fourth-order valence-electron chi connectivity index (χ4n) is 2.19. The molecular weight excluding hydrogens is 349 g/mol. The van der Waals surface area contributed by atoms with Crippen LogP contribution in [-0.2, 0) is 4.79 Å². The van der Waals surface area contributed by atoms with Gasteiger partial charge in [-0.2, -0.15) is 0 Å². The van der Waals surface area contributed by atoms with Crippen LogP contribution in [0.15, 0.2) is 48.5 Å². The van der Waals surface area contributed by atoms with E-state index in [1.165, 1.54) is 18.2 Å². The number of anilines is 1. The summed E-state index contributed by atoms with van der Waals surface area (Å²) in [6.07, 6.45) is 0. The number of hydrogen-bond donors (Lipinski definition) is 3. The standard InChI is InChI=1S/C20H22FN3O3/c1-13(2)18(25)24-15-9-7-14(8-10-15)19(26)22-11-12-23-20(27)16-5-3-4-6-17(16)21/h3-10,13H,11-12H2,1-2H3,(H,22,26)(H,23,27)(H,24,25). The molecule has 0 spiro atoms. The van der Waals surface area contributed by atoms with E-state index in [2.05, 4.69) is 16.0 Å². The minimum atomic E-state index is -0.594. The zero-order chi connectivity index (χ0) is 19.8. The highest BCUT2D eigenvalue weighted by Crippen LogP contribution is 2.11. The van der Waals surface area contributed by atoms with Crippen molar-refractivity contribution in [1.82, 2.24) is 10.6 Å². The van der Waals surface area contributed by atoms with Crippen LogP contribution in [0.2, 0.25) is 0 Å². The van der Waals surface area contributed by atoms with Crippen LogP contribution in [0.5, 0.6) is 0 Å². The molecule has 2 rings (SSSR count). The Bertz CT molecular complexity index is 819. The maximum absolute atomic E-state index is 13.5. The SMILES string of the molecule is CC(C)C(=O)Nc1ccc(C(=O)NCCNC(=O)c2ccccc2F)cc1. The molecule has 0 saturated heterocycles. The summed E-state index contributed by atoms with van der Waals surface area (Å²) in [4.78, 5) is 35.6. The van der Waals surface area contributed by atoms with Crippen LogP contribution in [0.4, 0.5) is 10.1 Å². The van der Waals surface area contributed by atoms with Gasteiger partial charge in [0.15, 0.2) is 0 Å². The summed E-state index contributed by atoms with van der Waals surface area (Å²) < 4.78 is 13.5. The van der Waals surface area contributed by atoms with E-state index >= 15 is 0 Å². The quantitative estimate of drug-likeness (QED) is 0.654. The average Bonchev–Trinajstić information content (AvgIpc) is 2.65. The van der Waals surface area contributed by atoms with Crippen LogP contribution in [0.25, 0.3) is 0 Å². The van der Waals surface area contributed by atoms with Crippen molar-refractivity contribution in [3.05, 3.63) is 65.5 Å². The lowest BCUT2D eigenvalue weighted by molar-refractivity contribution is -0.118. The molecule has 2 aromatic rings. The molecule has 0 aliphatic heterocycles. The number of halogens is 1. The van der Waals surface area contributed by atoms with Gasteiger partial charge in [0.25, 0.3) is 11.8 Å². The maximum Gasteiger partial charge on any atom is 0.254 e. The first-order valence-corrected chi connectivity index (χ1v) is 8.60. The third-order valence-electron chi connectivity index (χ3n) is 3.75. The molecule has 0 aliphatic rings. The molecular formula is C20H22FN3O3. The van der Waals surface area contributed by atoms with Gasteiger partial charge >= 0.3 is 0 Å². The fraction of sp³-hybridized carbons (Fsp3) is 0.250. The summed E-state index contributed by atoms with van der Waals surface area (Å²) in [5.74, 6) is -1.67. The molecule has 3 amide bonds. The number of nitrogens with one attached hydrogen (secondary N) is 3. The van der Waals surface area contributed by atoms with Gasteiger partial charge in [-0.1, -0.05) is 26.0 Å². The molecule has 0 heterocycles. The molecule has 7 heteroatoms. The van der Waals surface area contributed by atoms with Gasteiger partial charge in [0, 0.05) is 30.3 Å². The second kappa shape index (κ2) is 9.47. The predicted octanol–water partition coefficient (Wildman–Crippen LogP) is 2.58. The lowest BCUT2D eigenvalue weighted by Crippen LogP contribution is -2.35. The van der Waals surface area contributed by atoms with Crippen LogP contribution < -0.4 is 16.0 Å². The van der Waals surface area contributed by atoms with E-state index in [0.717, 1.165) is 0 Å².